The molecular weight excluding hydrogens is 605 g/mol. The molecule has 3 aromatic carbocycles. The number of nitrogens with zero attached hydrogens (tertiary/aromatic N) is 1. The second-order valence-corrected chi connectivity index (χ2v) is 10.4. The van der Waals surface area contributed by atoms with Crippen LogP contribution >= 0.6 is 34.4 Å². The lowest BCUT2D eigenvalue weighted by atomic mass is 10.1. The molecule has 1 aliphatic rings. The standard InChI is InChI=1S/C28H24INO6S/c1-35-23-15-20(14-22(29)25(23)36-17-19-9-11-21(12-10-19)27(32)33)16-24-26(31)30(28(34)37-24)13-5-8-18-6-3-2-4-7-18/h2-4,6-7,9-12,14-16H,5,8,13,17H2,1H3,(H,32,33)/b24-16+. The molecule has 0 saturated carbocycles. The van der Waals surface area contributed by atoms with Crippen LogP contribution in [-0.2, 0) is 17.8 Å². The minimum atomic E-state index is -0.982. The van der Waals surface area contributed by atoms with Crippen molar-refractivity contribution >= 4 is 57.5 Å². The van der Waals surface area contributed by atoms with Gasteiger partial charge in [0.2, 0.25) is 0 Å². The van der Waals surface area contributed by atoms with Gasteiger partial charge >= 0.3 is 5.97 Å². The van der Waals surface area contributed by atoms with Crippen molar-refractivity contribution in [1.29, 1.82) is 0 Å². The summed E-state index contributed by atoms with van der Waals surface area (Å²) in [5.41, 5.74) is 2.91. The van der Waals surface area contributed by atoms with E-state index in [0.717, 1.165) is 27.3 Å². The molecule has 190 valence electrons. The first kappa shape index (κ1) is 26.7. The molecule has 4 rings (SSSR count). The van der Waals surface area contributed by atoms with Crippen LogP contribution in [0.1, 0.15) is 33.5 Å². The maximum Gasteiger partial charge on any atom is 0.335 e. The lowest BCUT2D eigenvalue weighted by Gasteiger charge is -2.14. The highest BCUT2D eigenvalue weighted by molar-refractivity contribution is 14.1. The average Bonchev–Trinajstić information content (AvgIpc) is 3.16. The topological polar surface area (TPSA) is 93.1 Å². The number of hydrogen-bond donors (Lipinski definition) is 1. The number of imide groups is 1. The second-order valence-electron chi connectivity index (χ2n) is 8.25. The van der Waals surface area contributed by atoms with E-state index in [2.05, 4.69) is 22.6 Å². The number of thioether (sulfide) groups is 1. The van der Waals surface area contributed by atoms with Gasteiger partial charge in [0.25, 0.3) is 11.1 Å². The van der Waals surface area contributed by atoms with Crippen LogP contribution in [0.2, 0.25) is 0 Å². The molecule has 1 fully saturated rings. The van der Waals surface area contributed by atoms with Gasteiger partial charge in [-0.25, -0.2) is 4.79 Å². The highest BCUT2D eigenvalue weighted by Crippen LogP contribution is 2.37. The van der Waals surface area contributed by atoms with E-state index < -0.39 is 5.97 Å². The summed E-state index contributed by atoms with van der Waals surface area (Å²) in [6.45, 7) is 0.603. The Balaban J connectivity index is 1.43. The molecule has 0 spiro atoms. The maximum atomic E-state index is 12.9. The van der Waals surface area contributed by atoms with Gasteiger partial charge < -0.3 is 14.6 Å². The lowest BCUT2D eigenvalue weighted by molar-refractivity contribution is -0.122. The number of carboxylic acids is 1. The molecule has 1 N–H and O–H groups in total. The number of benzene rings is 3. The van der Waals surface area contributed by atoms with E-state index in [1.807, 2.05) is 36.4 Å². The molecule has 0 atom stereocenters. The fraction of sp³-hybridized carbons (Fsp3) is 0.179. The Hall–Kier alpha value is -3.31. The zero-order valence-corrected chi connectivity index (χ0v) is 23.0. The van der Waals surface area contributed by atoms with Crippen LogP contribution in [0.25, 0.3) is 6.08 Å². The molecule has 2 amide bonds. The van der Waals surface area contributed by atoms with Crippen molar-refractivity contribution in [2.75, 3.05) is 13.7 Å². The molecule has 37 heavy (non-hydrogen) atoms. The molecule has 7 nitrogen and oxygen atoms in total. The van der Waals surface area contributed by atoms with Gasteiger partial charge in [0.05, 0.1) is 21.1 Å². The largest absolute Gasteiger partial charge is 0.493 e. The van der Waals surface area contributed by atoms with E-state index in [-0.39, 0.29) is 23.3 Å². The molecule has 0 aromatic heterocycles. The normalized spacial score (nSPS) is 14.3. The van der Waals surface area contributed by atoms with Crippen molar-refractivity contribution in [2.45, 2.75) is 19.4 Å². The van der Waals surface area contributed by atoms with Crippen molar-refractivity contribution in [2.24, 2.45) is 0 Å². The van der Waals surface area contributed by atoms with Crippen molar-refractivity contribution in [3.63, 3.8) is 0 Å². The Labute approximate surface area is 232 Å². The third-order valence-electron chi connectivity index (χ3n) is 5.70. The van der Waals surface area contributed by atoms with Gasteiger partial charge in [-0.05, 0) is 94.2 Å². The number of amides is 2. The van der Waals surface area contributed by atoms with Crippen molar-refractivity contribution in [1.82, 2.24) is 4.90 Å². The summed E-state index contributed by atoms with van der Waals surface area (Å²) in [5, 5.41) is 8.78. The number of halogens is 1. The first-order valence-corrected chi connectivity index (χ1v) is 13.4. The van der Waals surface area contributed by atoms with Crippen molar-refractivity contribution < 1.29 is 29.0 Å². The van der Waals surface area contributed by atoms with Crippen LogP contribution < -0.4 is 9.47 Å². The van der Waals surface area contributed by atoms with Crippen molar-refractivity contribution in [3.05, 3.63) is 97.5 Å². The maximum absolute atomic E-state index is 12.9. The molecule has 3 aromatic rings. The SMILES string of the molecule is COc1cc(/C=C2/SC(=O)N(CCCc3ccccc3)C2=O)cc(I)c1OCc1ccc(C(=O)O)cc1. The smallest absolute Gasteiger partial charge is 0.335 e. The first-order valence-electron chi connectivity index (χ1n) is 11.5. The lowest BCUT2D eigenvalue weighted by Crippen LogP contribution is -2.29. The number of carbonyl (C=O) groups excluding carboxylic acids is 2. The van der Waals surface area contributed by atoms with E-state index in [4.69, 9.17) is 14.6 Å². The summed E-state index contributed by atoms with van der Waals surface area (Å²) in [4.78, 5) is 38.1. The number of rotatable bonds is 10. The van der Waals surface area contributed by atoms with Crippen LogP contribution in [0.15, 0.2) is 71.6 Å². The Morgan fingerprint density at radius 2 is 1.78 bits per heavy atom. The molecule has 0 unspecified atom stereocenters. The van der Waals surface area contributed by atoms with Crippen LogP contribution in [0.3, 0.4) is 0 Å². The Morgan fingerprint density at radius 1 is 1.05 bits per heavy atom. The van der Waals surface area contributed by atoms with Crippen LogP contribution in [0, 0.1) is 3.57 Å². The van der Waals surface area contributed by atoms with E-state index in [1.165, 1.54) is 29.7 Å². The highest BCUT2D eigenvalue weighted by Gasteiger charge is 2.34. The van der Waals surface area contributed by atoms with E-state index >= 15 is 0 Å². The summed E-state index contributed by atoms with van der Waals surface area (Å²) in [6.07, 6.45) is 3.19. The number of aryl methyl sites for hydroxylation is 1. The predicted octanol–water partition coefficient (Wildman–Crippen LogP) is 6.25. The zero-order chi connectivity index (χ0) is 26.4. The van der Waals surface area contributed by atoms with Crippen LogP contribution in [0.4, 0.5) is 4.79 Å². The summed E-state index contributed by atoms with van der Waals surface area (Å²) < 4.78 is 12.3. The molecule has 0 bridgehead atoms. The van der Waals surface area contributed by atoms with E-state index in [0.29, 0.717) is 34.9 Å². The van der Waals surface area contributed by atoms with E-state index in [9.17, 15) is 14.4 Å². The number of aromatic carboxylic acids is 1. The van der Waals surface area contributed by atoms with Gasteiger partial charge in [-0.1, -0.05) is 42.5 Å². The summed E-state index contributed by atoms with van der Waals surface area (Å²) in [5.74, 6) is -0.245. The Kier molecular flexibility index (Phi) is 8.88. The number of carboxylic acid groups (broad SMARTS) is 1. The first-order chi connectivity index (χ1) is 17.9. The number of methoxy groups -OCH3 is 1. The summed E-state index contributed by atoms with van der Waals surface area (Å²) in [7, 11) is 1.53. The molecule has 1 saturated heterocycles. The summed E-state index contributed by atoms with van der Waals surface area (Å²) in [6, 6.07) is 20.1. The van der Waals surface area contributed by atoms with Gasteiger partial charge in [0.15, 0.2) is 11.5 Å². The quantitative estimate of drug-likeness (QED) is 0.210. The van der Waals surface area contributed by atoms with Gasteiger partial charge in [-0.3, -0.25) is 14.5 Å². The minimum Gasteiger partial charge on any atom is -0.493 e. The average molecular weight is 629 g/mol. The van der Waals surface area contributed by atoms with E-state index in [1.54, 1.807) is 24.3 Å². The number of ether oxygens (including phenoxy) is 2. The fourth-order valence-corrected chi connectivity index (χ4v) is 5.44. The molecule has 1 aliphatic heterocycles. The Bertz CT molecular complexity index is 1340. The monoisotopic (exact) mass is 629 g/mol. The van der Waals surface area contributed by atoms with Gasteiger partial charge in [0, 0.05) is 6.54 Å². The molecule has 9 heteroatoms. The highest BCUT2D eigenvalue weighted by atomic mass is 127. The van der Waals surface area contributed by atoms with Gasteiger partial charge in [0.1, 0.15) is 6.61 Å². The zero-order valence-electron chi connectivity index (χ0n) is 20.0. The van der Waals surface area contributed by atoms with Gasteiger partial charge in [-0.15, -0.1) is 0 Å². The molecule has 1 heterocycles. The number of carbonyl (C=O) groups is 3. The third-order valence-corrected chi connectivity index (χ3v) is 7.41. The predicted molar refractivity (Wildman–Crippen MR) is 151 cm³/mol. The Morgan fingerprint density at radius 3 is 2.46 bits per heavy atom. The third kappa shape index (κ3) is 6.72. The second kappa shape index (κ2) is 12.3. The van der Waals surface area contributed by atoms with Crippen molar-refractivity contribution in [3.8, 4) is 11.5 Å². The minimum absolute atomic E-state index is 0.209. The molecular formula is C28H24INO6S. The summed E-state index contributed by atoms with van der Waals surface area (Å²) >= 11 is 3.07. The number of hydrogen-bond acceptors (Lipinski definition) is 6. The van der Waals surface area contributed by atoms with Crippen LogP contribution in [-0.4, -0.2) is 40.8 Å². The van der Waals surface area contributed by atoms with Crippen LogP contribution in [0.5, 0.6) is 11.5 Å². The van der Waals surface area contributed by atoms with Gasteiger partial charge in [-0.2, -0.15) is 0 Å². The molecule has 0 radical (unpaired) electrons. The molecule has 0 aliphatic carbocycles. The fourth-order valence-electron chi connectivity index (χ4n) is 3.79.